The van der Waals surface area contributed by atoms with Crippen molar-refractivity contribution in [2.24, 2.45) is 0 Å². The summed E-state index contributed by atoms with van der Waals surface area (Å²) in [7, 11) is -4.06. The van der Waals surface area contributed by atoms with E-state index < -0.39 is 26.8 Å². The first-order valence-electron chi connectivity index (χ1n) is 8.88. The molecule has 0 radical (unpaired) electrons. The first-order valence-corrected chi connectivity index (χ1v) is 10.7. The zero-order valence-corrected chi connectivity index (χ0v) is 16.6. The van der Waals surface area contributed by atoms with Gasteiger partial charge in [-0.2, -0.15) is 17.5 Å². The van der Waals surface area contributed by atoms with Gasteiger partial charge in [0.1, 0.15) is 10.4 Å². The van der Waals surface area contributed by atoms with Gasteiger partial charge in [0, 0.05) is 19.0 Å². The molecule has 2 aromatic carbocycles. The Morgan fingerprint density at radius 3 is 2.62 bits per heavy atom. The van der Waals surface area contributed by atoms with Gasteiger partial charge < -0.3 is 4.42 Å². The fourth-order valence-corrected chi connectivity index (χ4v) is 5.49. The second kappa shape index (κ2) is 7.30. The highest BCUT2D eigenvalue weighted by Gasteiger charge is 2.36. The molecular weight excluding hydrogens is 429 g/mol. The van der Waals surface area contributed by atoms with Gasteiger partial charge in [-0.3, -0.25) is 0 Å². The molecule has 1 saturated heterocycles. The molecule has 0 saturated carbocycles. The number of rotatable bonds is 3. The van der Waals surface area contributed by atoms with Crippen LogP contribution in [0.15, 0.2) is 51.8 Å². The number of para-hydroxylation sites is 2. The number of hydrogen-bond acceptors (Lipinski definition) is 4. The van der Waals surface area contributed by atoms with Crippen LogP contribution in [0.2, 0.25) is 5.02 Å². The van der Waals surface area contributed by atoms with E-state index in [1.807, 2.05) is 18.2 Å². The number of halogens is 4. The van der Waals surface area contributed by atoms with Gasteiger partial charge >= 0.3 is 6.18 Å². The van der Waals surface area contributed by atoms with Crippen molar-refractivity contribution in [3.8, 4) is 0 Å². The first-order chi connectivity index (χ1) is 13.7. The quantitative estimate of drug-likeness (QED) is 0.566. The molecule has 5 nitrogen and oxygen atoms in total. The molecule has 1 aliphatic heterocycles. The summed E-state index contributed by atoms with van der Waals surface area (Å²) in [6.45, 7) is 0.364. The summed E-state index contributed by atoms with van der Waals surface area (Å²) in [5.41, 5.74) is 0.311. The monoisotopic (exact) mass is 444 g/mol. The van der Waals surface area contributed by atoms with Crippen LogP contribution >= 0.6 is 11.6 Å². The van der Waals surface area contributed by atoms with Gasteiger partial charge in [0.05, 0.1) is 10.6 Å². The van der Waals surface area contributed by atoms with Crippen molar-refractivity contribution in [1.82, 2.24) is 9.29 Å². The van der Waals surface area contributed by atoms with Crippen molar-refractivity contribution in [3.05, 3.63) is 58.9 Å². The van der Waals surface area contributed by atoms with Gasteiger partial charge in [0.15, 0.2) is 11.5 Å². The molecule has 0 bridgehead atoms. The predicted octanol–water partition coefficient (Wildman–Crippen LogP) is 5.07. The molecule has 1 aliphatic rings. The van der Waals surface area contributed by atoms with Crippen molar-refractivity contribution >= 4 is 32.7 Å². The number of oxazole rings is 1. The lowest BCUT2D eigenvalue weighted by Crippen LogP contribution is -2.39. The molecule has 1 atom stereocenters. The van der Waals surface area contributed by atoms with Crippen LogP contribution in [-0.4, -0.2) is 30.8 Å². The van der Waals surface area contributed by atoms with E-state index in [0.717, 1.165) is 12.1 Å². The Hall–Kier alpha value is -2.10. The van der Waals surface area contributed by atoms with Crippen LogP contribution in [0.4, 0.5) is 13.2 Å². The molecule has 1 aromatic heterocycles. The highest BCUT2D eigenvalue weighted by molar-refractivity contribution is 7.89. The van der Waals surface area contributed by atoms with E-state index in [-0.39, 0.29) is 23.9 Å². The molecule has 2 heterocycles. The zero-order chi connectivity index (χ0) is 20.8. The summed E-state index contributed by atoms with van der Waals surface area (Å²) >= 11 is 5.91. The largest absolute Gasteiger partial charge is 0.440 e. The highest BCUT2D eigenvalue weighted by atomic mass is 35.5. The minimum absolute atomic E-state index is 0.118. The summed E-state index contributed by atoms with van der Waals surface area (Å²) in [5, 5.41) is -0.455. The van der Waals surface area contributed by atoms with Crippen LogP contribution in [0.3, 0.4) is 0 Å². The maximum absolute atomic E-state index is 13.0. The lowest BCUT2D eigenvalue weighted by Gasteiger charge is -2.30. The summed E-state index contributed by atoms with van der Waals surface area (Å²) in [6.07, 6.45) is -3.34. The smallest absolute Gasteiger partial charge is 0.416 e. The average Bonchev–Trinajstić information content (AvgIpc) is 3.11. The van der Waals surface area contributed by atoms with Crippen LogP contribution in [-0.2, 0) is 16.2 Å². The van der Waals surface area contributed by atoms with Crippen molar-refractivity contribution < 1.29 is 26.0 Å². The molecule has 4 rings (SSSR count). The average molecular weight is 445 g/mol. The highest BCUT2D eigenvalue weighted by Crippen LogP contribution is 2.36. The molecule has 29 heavy (non-hydrogen) atoms. The van der Waals surface area contributed by atoms with Gasteiger partial charge in [0.2, 0.25) is 10.0 Å². The standard InChI is InChI=1S/C19H16ClF3N2O3S/c20-14-10-13(19(21,22)23)7-8-17(14)29(26,27)25-9-3-4-12(11-25)18-24-15-5-1-2-6-16(15)28-18/h1-2,5-8,10,12H,3-4,9,11H2. The number of nitrogens with zero attached hydrogens (tertiary/aromatic N) is 2. The predicted molar refractivity (Wildman–Crippen MR) is 101 cm³/mol. The molecule has 0 amide bonds. The Labute approximate surface area is 170 Å². The lowest BCUT2D eigenvalue weighted by atomic mass is 10.00. The van der Waals surface area contributed by atoms with Crippen LogP contribution in [0.1, 0.15) is 30.2 Å². The van der Waals surface area contributed by atoms with Crippen LogP contribution in [0, 0.1) is 0 Å². The second-order valence-corrected chi connectivity index (χ2v) is 9.18. The number of piperidine rings is 1. The van der Waals surface area contributed by atoms with Crippen molar-refractivity contribution in [2.45, 2.75) is 29.8 Å². The van der Waals surface area contributed by atoms with Crippen molar-refractivity contribution in [1.29, 1.82) is 0 Å². The number of aromatic nitrogens is 1. The number of benzene rings is 2. The molecule has 10 heteroatoms. The number of sulfonamides is 1. The third kappa shape index (κ3) is 3.86. The molecule has 3 aromatic rings. The van der Waals surface area contributed by atoms with E-state index in [9.17, 15) is 21.6 Å². The van der Waals surface area contributed by atoms with E-state index >= 15 is 0 Å². The fraction of sp³-hybridized carbons (Fsp3) is 0.316. The first kappa shape index (κ1) is 20.2. The maximum atomic E-state index is 13.0. The molecule has 1 unspecified atom stereocenters. The van der Waals surface area contributed by atoms with Crippen LogP contribution in [0.5, 0.6) is 0 Å². The summed E-state index contributed by atoms with van der Waals surface area (Å²) in [4.78, 5) is 4.10. The normalized spacial score (nSPS) is 19.0. The van der Waals surface area contributed by atoms with Crippen LogP contribution < -0.4 is 0 Å². The van der Waals surface area contributed by atoms with E-state index in [1.165, 1.54) is 4.31 Å². The number of alkyl halides is 3. The van der Waals surface area contributed by atoms with Gasteiger partial charge in [0.25, 0.3) is 0 Å². The topological polar surface area (TPSA) is 63.4 Å². The summed E-state index contributed by atoms with van der Waals surface area (Å²) < 4.78 is 71.6. The number of fused-ring (bicyclic) bond motifs is 1. The maximum Gasteiger partial charge on any atom is 0.416 e. The Morgan fingerprint density at radius 2 is 1.93 bits per heavy atom. The van der Waals surface area contributed by atoms with Crippen molar-refractivity contribution in [3.63, 3.8) is 0 Å². The second-order valence-electron chi connectivity index (χ2n) is 6.86. The SMILES string of the molecule is O=S(=O)(c1ccc(C(F)(F)F)cc1Cl)N1CCCC(c2nc3ccccc3o2)C1. The molecule has 0 N–H and O–H groups in total. The molecular formula is C19H16ClF3N2O3S. The number of hydrogen-bond donors (Lipinski definition) is 0. The van der Waals surface area contributed by atoms with E-state index in [4.69, 9.17) is 16.0 Å². The third-order valence-electron chi connectivity index (χ3n) is 4.92. The van der Waals surface area contributed by atoms with Gasteiger partial charge in [-0.05, 0) is 43.2 Å². The van der Waals surface area contributed by atoms with Crippen LogP contribution in [0.25, 0.3) is 11.1 Å². The summed E-state index contributed by atoms with van der Waals surface area (Å²) in [5.74, 6) is 0.198. The molecule has 0 spiro atoms. The van der Waals surface area contributed by atoms with Gasteiger partial charge in [-0.25, -0.2) is 13.4 Å². The Morgan fingerprint density at radius 1 is 1.17 bits per heavy atom. The zero-order valence-electron chi connectivity index (χ0n) is 15.0. The Bertz CT molecular complexity index is 1130. The van der Waals surface area contributed by atoms with Crippen molar-refractivity contribution in [2.75, 3.05) is 13.1 Å². The van der Waals surface area contributed by atoms with Gasteiger partial charge in [-0.1, -0.05) is 23.7 Å². The van der Waals surface area contributed by atoms with Gasteiger partial charge in [-0.15, -0.1) is 0 Å². The molecule has 1 fully saturated rings. The minimum atomic E-state index is -4.60. The third-order valence-corrected chi connectivity index (χ3v) is 7.27. The Balaban J connectivity index is 1.62. The van der Waals surface area contributed by atoms with E-state index in [0.29, 0.717) is 35.9 Å². The summed E-state index contributed by atoms with van der Waals surface area (Å²) in [6, 6.07) is 9.51. The molecule has 154 valence electrons. The lowest BCUT2D eigenvalue weighted by molar-refractivity contribution is -0.137. The van der Waals surface area contributed by atoms with E-state index in [1.54, 1.807) is 6.07 Å². The Kier molecular flexibility index (Phi) is 5.08. The fourth-order valence-electron chi connectivity index (χ4n) is 3.45. The van der Waals surface area contributed by atoms with E-state index in [2.05, 4.69) is 4.98 Å². The molecule has 0 aliphatic carbocycles. The minimum Gasteiger partial charge on any atom is -0.440 e.